The Hall–Kier alpha value is -3.79. The molecule has 1 aromatic carbocycles. The number of hydrogen-bond donors (Lipinski definition) is 2. The third-order valence-corrected chi connectivity index (χ3v) is 6.56. The van der Waals surface area contributed by atoms with Crippen molar-refractivity contribution < 1.29 is 9.18 Å². The molecule has 0 radical (unpaired) electrons. The molecule has 1 saturated carbocycles. The maximum atomic E-state index is 15.1. The fraction of sp³-hybridized carbons (Fsp3) is 0.333. The number of hydrogen-bond acceptors (Lipinski definition) is 6. The summed E-state index contributed by atoms with van der Waals surface area (Å²) in [5, 5.41) is 9.99. The SMILES string of the molecule is CN1CCN(C(=O)c2ccc(Nc3nc(C4CC4)cn4c(-c5cn[nH]c5)cnc34)c(F)c2)CC1. The molecule has 4 aromatic rings. The summed E-state index contributed by atoms with van der Waals surface area (Å²) in [7, 11) is 2.03. The lowest BCUT2D eigenvalue weighted by molar-refractivity contribution is 0.0663. The van der Waals surface area contributed by atoms with Gasteiger partial charge >= 0.3 is 0 Å². The summed E-state index contributed by atoms with van der Waals surface area (Å²) in [6.45, 7) is 2.92. The number of amides is 1. The largest absolute Gasteiger partial charge is 0.336 e. The van der Waals surface area contributed by atoms with Crippen LogP contribution in [0, 0.1) is 5.82 Å². The van der Waals surface area contributed by atoms with Gasteiger partial charge in [0.1, 0.15) is 5.82 Å². The summed E-state index contributed by atoms with van der Waals surface area (Å²) < 4.78 is 17.1. The highest BCUT2D eigenvalue weighted by molar-refractivity contribution is 5.95. The van der Waals surface area contributed by atoms with Gasteiger partial charge in [-0.15, -0.1) is 0 Å². The maximum absolute atomic E-state index is 15.1. The molecule has 174 valence electrons. The molecule has 1 amide bonds. The molecule has 0 unspecified atom stereocenters. The van der Waals surface area contributed by atoms with Gasteiger partial charge in [-0.3, -0.25) is 14.3 Å². The topological polar surface area (TPSA) is 94.5 Å². The molecule has 1 aliphatic carbocycles. The smallest absolute Gasteiger partial charge is 0.254 e. The van der Waals surface area contributed by atoms with Crippen molar-refractivity contribution in [2.45, 2.75) is 18.8 Å². The normalized spacial score (nSPS) is 16.8. The number of nitrogens with one attached hydrogen (secondary N) is 2. The van der Waals surface area contributed by atoms with Gasteiger partial charge in [0.05, 0.1) is 29.5 Å². The molecular formula is C24H25FN8O. The number of piperazine rings is 1. The van der Waals surface area contributed by atoms with E-state index in [1.165, 1.54) is 6.07 Å². The molecule has 0 spiro atoms. The minimum Gasteiger partial charge on any atom is -0.336 e. The van der Waals surface area contributed by atoms with Crippen LogP contribution in [0.3, 0.4) is 0 Å². The summed E-state index contributed by atoms with van der Waals surface area (Å²) in [5.74, 6) is 0.236. The van der Waals surface area contributed by atoms with Crippen molar-refractivity contribution in [3.05, 3.63) is 60.1 Å². The standard InChI is InChI=1S/C24H25FN8O/c1-31-6-8-32(9-7-31)24(34)16-4-5-19(18(25)10-16)29-22-23-26-13-21(17-11-27-28-12-17)33(23)14-20(30-22)15-2-3-15/h4-5,10-15H,2-3,6-9H2,1H3,(H,27,28)(H,29,30). The number of rotatable bonds is 5. The number of benzene rings is 1. The fourth-order valence-corrected chi connectivity index (χ4v) is 4.34. The first kappa shape index (κ1) is 20.8. The number of aromatic amines is 1. The monoisotopic (exact) mass is 460 g/mol. The van der Waals surface area contributed by atoms with Crippen molar-refractivity contribution in [3.8, 4) is 11.3 Å². The molecule has 34 heavy (non-hydrogen) atoms. The average Bonchev–Trinajstić information content (AvgIpc) is 3.38. The first-order chi connectivity index (χ1) is 16.6. The molecule has 1 aliphatic heterocycles. The molecule has 0 bridgehead atoms. The second-order valence-corrected chi connectivity index (χ2v) is 9.03. The van der Waals surface area contributed by atoms with Crippen LogP contribution >= 0.6 is 0 Å². The highest BCUT2D eigenvalue weighted by Gasteiger charge is 2.27. The van der Waals surface area contributed by atoms with Gasteiger partial charge in [-0.05, 0) is 38.1 Å². The van der Waals surface area contributed by atoms with E-state index in [1.54, 1.807) is 29.4 Å². The molecule has 0 atom stereocenters. The second-order valence-electron chi connectivity index (χ2n) is 9.03. The first-order valence-corrected chi connectivity index (χ1v) is 11.5. The lowest BCUT2D eigenvalue weighted by Crippen LogP contribution is -2.47. The van der Waals surface area contributed by atoms with Crippen molar-refractivity contribution in [2.24, 2.45) is 0 Å². The van der Waals surface area contributed by atoms with E-state index in [0.717, 1.165) is 42.9 Å². The van der Waals surface area contributed by atoms with Crippen LogP contribution in [0.25, 0.3) is 16.9 Å². The van der Waals surface area contributed by atoms with Crippen molar-refractivity contribution in [3.63, 3.8) is 0 Å². The number of imidazole rings is 1. The number of halogens is 1. The predicted octanol–water partition coefficient (Wildman–Crippen LogP) is 3.27. The van der Waals surface area contributed by atoms with Crippen LogP contribution in [0.4, 0.5) is 15.9 Å². The number of aromatic nitrogens is 5. The zero-order chi connectivity index (χ0) is 23.2. The third-order valence-electron chi connectivity index (χ3n) is 6.56. The Kier molecular flexibility index (Phi) is 5.02. The van der Waals surface area contributed by atoms with E-state index in [4.69, 9.17) is 4.98 Å². The van der Waals surface area contributed by atoms with Crippen molar-refractivity contribution >= 4 is 23.1 Å². The van der Waals surface area contributed by atoms with Gasteiger partial charge in [0.15, 0.2) is 11.5 Å². The predicted molar refractivity (Wildman–Crippen MR) is 126 cm³/mol. The van der Waals surface area contributed by atoms with E-state index < -0.39 is 5.82 Å². The molecular weight excluding hydrogens is 435 g/mol. The Labute approximate surface area is 195 Å². The second kappa shape index (κ2) is 8.21. The zero-order valence-corrected chi connectivity index (χ0v) is 18.8. The number of fused-ring (bicyclic) bond motifs is 1. The average molecular weight is 461 g/mol. The lowest BCUT2D eigenvalue weighted by atomic mass is 10.1. The Morgan fingerprint density at radius 2 is 2.00 bits per heavy atom. The summed E-state index contributed by atoms with van der Waals surface area (Å²) in [6, 6.07) is 4.56. The number of H-pyrrole nitrogens is 1. The minimum atomic E-state index is -0.502. The quantitative estimate of drug-likeness (QED) is 0.475. The maximum Gasteiger partial charge on any atom is 0.254 e. The molecule has 2 aliphatic rings. The summed E-state index contributed by atoms with van der Waals surface area (Å²) in [4.78, 5) is 26.1. The molecule has 10 heteroatoms. The number of carbonyl (C=O) groups excluding carboxylic acids is 1. The first-order valence-electron chi connectivity index (χ1n) is 11.5. The van der Waals surface area contributed by atoms with Gasteiger partial charge in [-0.25, -0.2) is 14.4 Å². The molecule has 9 nitrogen and oxygen atoms in total. The van der Waals surface area contributed by atoms with Crippen molar-refractivity contribution in [1.82, 2.24) is 34.4 Å². The Morgan fingerprint density at radius 1 is 1.18 bits per heavy atom. The lowest BCUT2D eigenvalue weighted by Gasteiger charge is -2.32. The molecule has 1 saturated heterocycles. The summed E-state index contributed by atoms with van der Waals surface area (Å²) >= 11 is 0. The van der Waals surface area contributed by atoms with Gasteiger partial charge in [-0.2, -0.15) is 5.10 Å². The van der Waals surface area contributed by atoms with E-state index in [1.807, 2.05) is 23.8 Å². The number of carbonyl (C=O) groups is 1. The van der Waals surface area contributed by atoms with Gasteiger partial charge in [0.25, 0.3) is 5.91 Å². The van der Waals surface area contributed by atoms with E-state index >= 15 is 4.39 Å². The third kappa shape index (κ3) is 3.79. The Morgan fingerprint density at radius 3 is 2.71 bits per heavy atom. The van der Waals surface area contributed by atoms with Gasteiger partial charge < -0.3 is 15.1 Å². The van der Waals surface area contributed by atoms with E-state index in [2.05, 4.69) is 25.4 Å². The zero-order valence-electron chi connectivity index (χ0n) is 18.8. The summed E-state index contributed by atoms with van der Waals surface area (Å²) in [5.41, 5.74) is 3.93. The van der Waals surface area contributed by atoms with Gasteiger partial charge in [0.2, 0.25) is 0 Å². The van der Waals surface area contributed by atoms with Crippen LogP contribution in [0.1, 0.15) is 34.8 Å². The van der Waals surface area contributed by atoms with E-state index in [0.29, 0.717) is 36.0 Å². The summed E-state index contributed by atoms with van der Waals surface area (Å²) in [6.07, 6.45) is 9.49. The minimum absolute atomic E-state index is 0.146. The highest BCUT2D eigenvalue weighted by Crippen LogP contribution is 2.40. The van der Waals surface area contributed by atoms with Gasteiger partial charge in [-0.1, -0.05) is 0 Å². The number of anilines is 2. The Bertz CT molecular complexity index is 1350. The van der Waals surface area contributed by atoms with Crippen molar-refractivity contribution in [1.29, 1.82) is 0 Å². The molecule has 2 fully saturated rings. The number of nitrogens with zero attached hydrogens (tertiary/aromatic N) is 6. The fourth-order valence-electron chi connectivity index (χ4n) is 4.34. The van der Waals surface area contributed by atoms with E-state index in [-0.39, 0.29) is 11.6 Å². The van der Waals surface area contributed by atoms with Crippen LogP contribution in [0.5, 0.6) is 0 Å². The van der Waals surface area contributed by atoms with E-state index in [9.17, 15) is 4.79 Å². The molecule has 3 aromatic heterocycles. The molecule has 2 N–H and O–H groups in total. The van der Waals surface area contributed by atoms with Crippen LogP contribution in [0.2, 0.25) is 0 Å². The van der Waals surface area contributed by atoms with Gasteiger partial charge in [0, 0.05) is 55.6 Å². The molecule has 4 heterocycles. The van der Waals surface area contributed by atoms with Crippen LogP contribution in [0.15, 0.2) is 43.0 Å². The van der Waals surface area contributed by atoms with Crippen LogP contribution < -0.4 is 5.32 Å². The molecule has 6 rings (SSSR count). The van der Waals surface area contributed by atoms with Crippen LogP contribution in [-0.4, -0.2) is 73.5 Å². The van der Waals surface area contributed by atoms with Crippen LogP contribution in [-0.2, 0) is 0 Å². The number of likely N-dealkylation sites (N-methyl/N-ethyl adjacent to an activating group) is 1. The highest BCUT2D eigenvalue weighted by atomic mass is 19.1. The van der Waals surface area contributed by atoms with Crippen molar-refractivity contribution in [2.75, 3.05) is 38.5 Å². The Balaban J connectivity index is 1.31.